The summed E-state index contributed by atoms with van der Waals surface area (Å²) in [5.41, 5.74) is 4.03. The number of hydrogen-bond acceptors (Lipinski definition) is 3. The molecule has 4 nitrogen and oxygen atoms in total. The van der Waals surface area contributed by atoms with E-state index in [1.165, 1.54) is 15.0 Å². The van der Waals surface area contributed by atoms with Gasteiger partial charge in [-0.25, -0.2) is 4.79 Å². The van der Waals surface area contributed by atoms with Crippen molar-refractivity contribution in [2.24, 2.45) is 0 Å². The summed E-state index contributed by atoms with van der Waals surface area (Å²) in [6, 6.07) is 17.9. The summed E-state index contributed by atoms with van der Waals surface area (Å²) in [5, 5.41) is 0.763. The molecule has 152 valence electrons. The van der Waals surface area contributed by atoms with Crippen LogP contribution in [0.15, 0.2) is 64.2 Å². The molecule has 5 rings (SSSR count). The first-order valence-corrected chi connectivity index (χ1v) is 11.3. The molecule has 4 aromatic rings. The molecule has 0 saturated carbocycles. The van der Waals surface area contributed by atoms with Gasteiger partial charge in [0.1, 0.15) is 4.83 Å². The zero-order valence-electron chi connectivity index (χ0n) is 17.1. The van der Waals surface area contributed by atoms with E-state index in [1.807, 2.05) is 47.0 Å². The third-order valence-electron chi connectivity index (χ3n) is 6.09. The van der Waals surface area contributed by atoms with Crippen LogP contribution in [0.5, 0.6) is 0 Å². The summed E-state index contributed by atoms with van der Waals surface area (Å²) >= 11 is 1.64. The molecular formula is C25H24N2O2S. The molecule has 1 aliphatic rings. The second-order valence-electron chi connectivity index (χ2n) is 8.06. The fourth-order valence-corrected chi connectivity index (χ4v) is 5.79. The third kappa shape index (κ3) is 3.23. The molecule has 2 aromatic carbocycles. The number of hydrogen-bond donors (Lipinski definition) is 0. The van der Waals surface area contributed by atoms with E-state index >= 15 is 0 Å². The van der Waals surface area contributed by atoms with Gasteiger partial charge < -0.3 is 0 Å². The lowest BCUT2D eigenvalue weighted by Crippen LogP contribution is -2.40. The Hall–Kier alpha value is -2.92. The topological polar surface area (TPSA) is 44.0 Å². The van der Waals surface area contributed by atoms with Crippen molar-refractivity contribution >= 4 is 21.6 Å². The molecule has 0 aliphatic heterocycles. The van der Waals surface area contributed by atoms with Crippen molar-refractivity contribution in [1.29, 1.82) is 0 Å². The number of fused-ring (bicyclic) bond motifs is 3. The van der Waals surface area contributed by atoms with Crippen LogP contribution in [0.2, 0.25) is 0 Å². The van der Waals surface area contributed by atoms with Crippen molar-refractivity contribution in [2.45, 2.75) is 45.7 Å². The van der Waals surface area contributed by atoms with E-state index in [0.29, 0.717) is 13.1 Å². The van der Waals surface area contributed by atoms with E-state index < -0.39 is 0 Å². The molecule has 5 heteroatoms. The summed E-state index contributed by atoms with van der Waals surface area (Å²) in [5.74, 6) is 0. The summed E-state index contributed by atoms with van der Waals surface area (Å²) in [6.45, 7) is 2.85. The molecular weight excluding hydrogens is 392 g/mol. The fourth-order valence-electron chi connectivity index (χ4n) is 4.42. The second-order valence-corrected chi connectivity index (χ2v) is 9.15. The molecule has 0 spiro atoms. The molecule has 0 amide bonds. The molecule has 1 aliphatic carbocycles. The minimum absolute atomic E-state index is 0.140. The van der Waals surface area contributed by atoms with Crippen molar-refractivity contribution in [3.05, 3.63) is 103 Å². The molecule has 2 heterocycles. The largest absolute Gasteiger partial charge is 0.332 e. The minimum atomic E-state index is -0.224. The Morgan fingerprint density at radius 3 is 2.40 bits per heavy atom. The van der Waals surface area contributed by atoms with Crippen molar-refractivity contribution < 1.29 is 0 Å². The Bertz CT molecular complexity index is 1350. The summed E-state index contributed by atoms with van der Waals surface area (Å²) in [7, 11) is 0. The Morgan fingerprint density at radius 1 is 0.867 bits per heavy atom. The van der Waals surface area contributed by atoms with E-state index in [2.05, 4.69) is 19.1 Å². The van der Waals surface area contributed by atoms with Crippen LogP contribution in [0, 0.1) is 6.92 Å². The van der Waals surface area contributed by atoms with Gasteiger partial charge in [0.15, 0.2) is 0 Å². The monoisotopic (exact) mass is 416 g/mol. The van der Waals surface area contributed by atoms with Crippen LogP contribution in [-0.2, 0) is 25.9 Å². The highest BCUT2D eigenvalue weighted by Crippen LogP contribution is 2.34. The maximum absolute atomic E-state index is 13.6. The van der Waals surface area contributed by atoms with E-state index in [4.69, 9.17) is 0 Å². The Morgan fingerprint density at radius 2 is 1.60 bits per heavy atom. The van der Waals surface area contributed by atoms with Crippen molar-refractivity contribution in [3.63, 3.8) is 0 Å². The van der Waals surface area contributed by atoms with Gasteiger partial charge in [-0.1, -0.05) is 54.6 Å². The predicted octanol–water partition coefficient (Wildman–Crippen LogP) is 4.51. The highest BCUT2D eigenvalue weighted by Gasteiger charge is 2.23. The third-order valence-corrected chi connectivity index (χ3v) is 7.41. The van der Waals surface area contributed by atoms with Gasteiger partial charge in [0.25, 0.3) is 5.56 Å². The van der Waals surface area contributed by atoms with Gasteiger partial charge in [-0.3, -0.25) is 13.9 Å². The quantitative estimate of drug-likeness (QED) is 0.491. The average Bonchev–Trinajstić information content (AvgIpc) is 3.16. The minimum Gasteiger partial charge on any atom is -0.280 e. The lowest BCUT2D eigenvalue weighted by atomic mass is 9.97. The average molecular weight is 417 g/mol. The molecule has 2 aromatic heterocycles. The van der Waals surface area contributed by atoms with Crippen molar-refractivity contribution in [2.75, 3.05) is 0 Å². The van der Waals surface area contributed by atoms with Gasteiger partial charge in [-0.2, -0.15) is 0 Å². The first-order valence-electron chi connectivity index (χ1n) is 10.5. The van der Waals surface area contributed by atoms with Crippen LogP contribution >= 0.6 is 11.3 Å². The van der Waals surface area contributed by atoms with Gasteiger partial charge in [0.05, 0.1) is 18.5 Å². The Balaban J connectivity index is 1.77. The predicted molar refractivity (Wildman–Crippen MR) is 123 cm³/mol. The number of nitrogens with zero attached hydrogens (tertiary/aromatic N) is 2. The number of aromatic nitrogens is 2. The zero-order valence-corrected chi connectivity index (χ0v) is 17.9. The zero-order chi connectivity index (χ0) is 20.7. The SMILES string of the molecule is Cc1ccccc1Cn1c(=O)n(Cc2ccccc2)c(=O)c2c3c(sc21)CCCC3. The van der Waals surface area contributed by atoms with E-state index in [1.54, 1.807) is 11.3 Å². The molecule has 0 fully saturated rings. The first kappa shape index (κ1) is 19.1. The van der Waals surface area contributed by atoms with E-state index in [-0.39, 0.29) is 11.2 Å². The van der Waals surface area contributed by atoms with E-state index in [9.17, 15) is 9.59 Å². The lowest BCUT2D eigenvalue weighted by Gasteiger charge is -2.14. The summed E-state index contributed by atoms with van der Waals surface area (Å²) in [4.78, 5) is 29.2. The molecule has 0 bridgehead atoms. The van der Waals surface area contributed by atoms with Crippen LogP contribution in [0.4, 0.5) is 0 Å². The number of rotatable bonds is 4. The molecule has 0 saturated heterocycles. The van der Waals surface area contributed by atoms with E-state index in [0.717, 1.165) is 52.6 Å². The van der Waals surface area contributed by atoms with Crippen molar-refractivity contribution in [3.8, 4) is 0 Å². The van der Waals surface area contributed by atoms with Crippen LogP contribution < -0.4 is 11.2 Å². The van der Waals surface area contributed by atoms with Crippen LogP contribution in [0.25, 0.3) is 10.2 Å². The molecule has 30 heavy (non-hydrogen) atoms. The fraction of sp³-hybridized carbons (Fsp3) is 0.280. The van der Waals surface area contributed by atoms with Gasteiger partial charge in [-0.15, -0.1) is 11.3 Å². The molecule has 0 N–H and O–H groups in total. The smallest absolute Gasteiger partial charge is 0.280 e. The van der Waals surface area contributed by atoms with Gasteiger partial charge >= 0.3 is 5.69 Å². The van der Waals surface area contributed by atoms with Crippen molar-refractivity contribution in [1.82, 2.24) is 9.13 Å². The maximum Gasteiger partial charge on any atom is 0.332 e. The highest BCUT2D eigenvalue weighted by molar-refractivity contribution is 7.18. The van der Waals surface area contributed by atoms with Gasteiger partial charge in [0, 0.05) is 4.88 Å². The Kier molecular flexibility index (Phi) is 4.91. The summed E-state index contributed by atoms with van der Waals surface area (Å²) < 4.78 is 3.25. The maximum atomic E-state index is 13.6. The number of benzene rings is 2. The Labute approximate surface area is 179 Å². The first-order chi connectivity index (χ1) is 14.6. The van der Waals surface area contributed by atoms with Crippen LogP contribution in [-0.4, -0.2) is 9.13 Å². The highest BCUT2D eigenvalue weighted by atomic mass is 32.1. The number of aryl methyl sites for hydroxylation is 3. The van der Waals surface area contributed by atoms with Gasteiger partial charge in [0.2, 0.25) is 0 Å². The molecule has 0 radical (unpaired) electrons. The summed E-state index contributed by atoms with van der Waals surface area (Å²) in [6.07, 6.45) is 4.19. The van der Waals surface area contributed by atoms with Crippen LogP contribution in [0.3, 0.4) is 0 Å². The van der Waals surface area contributed by atoms with Crippen LogP contribution in [0.1, 0.15) is 40.0 Å². The second kappa shape index (κ2) is 7.73. The molecule has 0 unspecified atom stereocenters. The lowest BCUT2D eigenvalue weighted by molar-refractivity contribution is 0.635. The van der Waals surface area contributed by atoms with Gasteiger partial charge in [-0.05, 0) is 54.9 Å². The number of thiophene rings is 1. The standard InChI is InChI=1S/C25H24N2O2S/c1-17-9-5-6-12-19(17)16-27-24-22(20-13-7-8-14-21(20)30-24)23(28)26(25(27)29)15-18-10-3-2-4-11-18/h2-6,9-12H,7-8,13-16H2,1H3. The normalized spacial score (nSPS) is 13.5. The molecule has 0 atom stereocenters.